The van der Waals surface area contributed by atoms with Crippen LogP contribution >= 0.6 is 0 Å². The lowest BCUT2D eigenvalue weighted by Crippen LogP contribution is -2.25. The molecule has 2 rings (SSSR count). The molecule has 0 aliphatic carbocycles. The maximum Gasteiger partial charge on any atom is 0.186 e. The Morgan fingerprint density at radius 1 is 1.35 bits per heavy atom. The summed E-state index contributed by atoms with van der Waals surface area (Å²) in [6.07, 6.45) is -0.917. The Balaban J connectivity index is 2.30. The second-order valence-electron chi connectivity index (χ2n) is 4.24. The van der Waals surface area contributed by atoms with Crippen molar-refractivity contribution in [1.29, 1.82) is 0 Å². The topological polar surface area (TPSA) is 58.5 Å². The molecule has 0 saturated carbocycles. The third kappa shape index (κ3) is 2.23. The molecular weight excluding hydrogens is 225 g/mol. The van der Waals surface area contributed by atoms with Gasteiger partial charge in [-0.3, -0.25) is 0 Å². The Hall–Kier alpha value is -1.27. The lowest BCUT2D eigenvalue weighted by molar-refractivity contribution is 0.0217. The van der Waals surface area contributed by atoms with Gasteiger partial charge in [-0.2, -0.15) is 0 Å². The lowest BCUT2D eigenvalue weighted by Gasteiger charge is -2.18. The van der Waals surface area contributed by atoms with E-state index in [0.29, 0.717) is 24.6 Å². The number of hydrogen-bond acceptors (Lipinski definition) is 5. The summed E-state index contributed by atoms with van der Waals surface area (Å²) in [4.78, 5) is 9.74. The number of methoxy groups -OCH3 is 1. The Morgan fingerprint density at radius 3 is 2.65 bits per heavy atom. The zero-order valence-corrected chi connectivity index (χ0v) is 10.1. The molecule has 1 aromatic rings. The Kier molecular flexibility index (Phi) is 3.26. The van der Waals surface area contributed by atoms with E-state index in [1.807, 2.05) is 0 Å². The van der Waals surface area contributed by atoms with Gasteiger partial charge in [-0.1, -0.05) is 0 Å². The van der Waals surface area contributed by atoms with Crippen molar-refractivity contribution in [1.82, 2.24) is 9.97 Å². The van der Waals surface area contributed by atoms with E-state index < -0.39 is 11.9 Å². The third-order valence-electron chi connectivity index (χ3n) is 2.95. The van der Waals surface area contributed by atoms with E-state index in [1.165, 1.54) is 7.11 Å². The molecule has 0 aromatic carbocycles. The van der Waals surface area contributed by atoms with Gasteiger partial charge in [-0.05, 0) is 13.8 Å². The molecule has 6 heteroatoms. The summed E-state index contributed by atoms with van der Waals surface area (Å²) in [6, 6.07) is 0. The Bertz CT molecular complexity index is 427. The van der Waals surface area contributed by atoms with Crippen molar-refractivity contribution in [3.63, 3.8) is 0 Å². The van der Waals surface area contributed by atoms with Crippen LogP contribution in [0, 0.1) is 19.7 Å². The third-order valence-corrected chi connectivity index (χ3v) is 2.95. The van der Waals surface area contributed by atoms with Gasteiger partial charge in [-0.25, -0.2) is 14.4 Å². The lowest BCUT2D eigenvalue weighted by atomic mass is 10.3. The van der Waals surface area contributed by atoms with Crippen LogP contribution in [0.25, 0.3) is 0 Å². The van der Waals surface area contributed by atoms with Gasteiger partial charge in [0.15, 0.2) is 11.6 Å². The van der Waals surface area contributed by atoms with E-state index in [0.717, 1.165) is 0 Å². The van der Waals surface area contributed by atoms with Crippen LogP contribution in [0.3, 0.4) is 0 Å². The number of β-amino-alcohol motifs (C(OH)–C–C–N with tert-alkyl or cyclic N) is 1. The average Bonchev–Trinajstić information content (AvgIpc) is 2.64. The highest BCUT2D eigenvalue weighted by molar-refractivity contribution is 5.43. The fourth-order valence-corrected chi connectivity index (χ4v) is 2.05. The minimum absolute atomic E-state index is 0.244. The molecule has 0 radical (unpaired) electrons. The van der Waals surface area contributed by atoms with Crippen molar-refractivity contribution in [2.75, 3.05) is 25.1 Å². The summed E-state index contributed by atoms with van der Waals surface area (Å²) in [5.74, 6) is 0.336. The molecule has 5 nitrogen and oxygen atoms in total. The Morgan fingerprint density at radius 2 is 2.06 bits per heavy atom. The molecule has 1 aliphatic rings. The smallest absolute Gasteiger partial charge is 0.186 e. The van der Waals surface area contributed by atoms with Crippen LogP contribution in [-0.2, 0) is 4.74 Å². The van der Waals surface area contributed by atoms with Gasteiger partial charge >= 0.3 is 0 Å². The minimum Gasteiger partial charge on any atom is -0.388 e. The van der Waals surface area contributed by atoms with E-state index in [2.05, 4.69) is 9.97 Å². The molecule has 0 spiro atoms. The molecule has 2 heterocycles. The summed E-state index contributed by atoms with van der Waals surface area (Å²) in [5, 5.41) is 9.72. The highest BCUT2D eigenvalue weighted by Crippen LogP contribution is 2.24. The number of ether oxygens (including phenoxy) is 1. The Labute approximate surface area is 99.3 Å². The molecule has 17 heavy (non-hydrogen) atoms. The molecule has 1 saturated heterocycles. The van der Waals surface area contributed by atoms with Crippen LogP contribution in [-0.4, -0.2) is 47.5 Å². The summed E-state index contributed by atoms with van der Waals surface area (Å²) < 4.78 is 19.0. The van der Waals surface area contributed by atoms with Gasteiger partial charge in [-0.15, -0.1) is 0 Å². The summed E-state index contributed by atoms with van der Waals surface area (Å²) >= 11 is 0. The largest absolute Gasteiger partial charge is 0.388 e. The normalized spacial score (nSPS) is 24.4. The minimum atomic E-state index is -0.616. The van der Waals surface area contributed by atoms with Gasteiger partial charge in [0, 0.05) is 20.2 Å². The number of halogens is 1. The van der Waals surface area contributed by atoms with Crippen LogP contribution in [0.15, 0.2) is 0 Å². The van der Waals surface area contributed by atoms with Gasteiger partial charge in [0.2, 0.25) is 0 Å². The summed E-state index contributed by atoms with van der Waals surface area (Å²) in [5.41, 5.74) is 0.322. The van der Waals surface area contributed by atoms with Crippen molar-refractivity contribution in [2.45, 2.75) is 26.1 Å². The molecule has 0 bridgehead atoms. The van der Waals surface area contributed by atoms with Gasteiger partial charge < -0.3 is 14.7 Å². The van der Waals surface area contributed by atoms with Crippen molar-refractivity contribution in [2.24, 2.45) is 0 Å². The predicted octanol–water partition coefficient (Wildman–Crippen LogP) is 0.428. The molecule has 1 fully saturated rings. The maximum absolute atomic E-state index is 13.9. The summed E-state index contributed by atoms with van der Waals surface area (Å²) in [7, 11) is 1.53. The first-order chi connectivity index (χ1) is 8.02. The fraction of sp³-hybridized carbons (Fsp3) is 0.636. The van der Waals surface area contributed by atoms with Crippen molar-refractivity contribution < 1.29 is 14.2 Å². The van der Waals surface area contributed by atoms with Crippen LogP contribution in [0.5, 0.6) is 0 Å². The van der Waals surface area contributed by atoms with Crippen LogP contribution in [0.2, 0.25) is 0 Å². The molecule has 0 amide bonds. The first-order valence-electron chi connectivity index (χ1n) is 5.49. The second-order valence-corrected chi connectivity index (χ2v) is 4.24. The SMILES string of the molecule is CO[C@@H]1CN(c2nc(C)nc(C)c2F)C[C@H]1O. The standard InChI is InChI=1S/C11H16FN3O2/c1-6-10(12)11(14-7(2)13-6)15-4-8(16)9(5-15)17-3/h8-9,16H,4-5H2,1-3H3/t8-,9-/m1/s1. The van der Waals surface area contributed by atoms with Crippen molar-refractivity contribution in [3.05, 3.63) is 17.3 Å². The maximum atomic E-state index is 13.9. The number of rotatable bonds is 2. The second kappa shape index (κ2) is 4.54. The molecule has 0 unspecified atom stereocenters. The first-order valence-corrected chi connectivity index (χ1v) is 5.49. The van der Waals surface area contributed by atoms with Gasteiger partial charge in [0.05, 0.1) is 11.8 Å². The summed E-state index contributed by atoms with van der Waals surface area (Å²) in [6.45, 7) is 4.08. The molecule has 94 valence electrons. The van der Waals surface area contributed by atoms with Crippen LogP contribution in [0.4, 0.5) is 10.2 Å². The van der Waals surface area contributed by atoms with Crippen molar-refractivity contribution >= 4 is 5.82 Å². The number of hydrogen-bond donors (Lipinski definition) is 1. The van der Waals surface area contributed by atoms with Crippen molar-refractivity contribution in [3.8, 4) is 0 Å². The monoisotopic (exact) mass is 241 g/mol. The van der Waals surface area contributed by atoms with Gasteiger partial charge in [0.1, 0.15) is 11.9 Å². The number of aliphatic hydroxyl groups excluding tert-OH is 1. The average molecular weight is 241 g/mol. The van der Waals surface area contributed by atoms with Gasteiger partial charge in [0.25, 0.3) is 0 Å². The van der Waals surface area contributed by atoms with E-state index >= 15 is 0 Å². The van der Waals surface area contributed by atoms with E-state index in [1.54, 1.807) is 18.7 Å². The number of nitrogens with zero attached hydrogens (tertiary/aromatic N) is 3. The highest BCUT2D eigenvalue weighted by Gasteiger charge is 2.33. The number of aliphatic hydroxyl groups is 1. The van der Waals surface area contributed by atoms with Crippen LogP contribution in [0.1, 0.15) is 11.5 Å². The predicted molar refractivity (Wildman–Crippen MR) is 60.5 cm³/mol. The van der Waals surface area contributed by atoms with Crippen LogP contribution < -0.4 is 4.90 Å². The number of aromatic nitrogens is 2. The van der Waals surface area contributed by atoms with E-state index in [-0.39, 0.29) is 11.9 Å². The molecule has 2 atom stereocenters. The molecular formula is C11H16FN3O2. The highest BCUT2D eigenvalue weighted by atomic mass is 19.1. The quantitative estimate of drug-likeness (QED) is 0.813. The fourth-order valence-electron chi connectivity index (χ4n) is 2.05. The number of aryl methyl sites for hydroxylation is 2. The van der Waals surface area contributed by atoms with E-state index in [4.69, 9.17) is 4.74 Å². The molecule has 1 aromatic heterocycles. The zero-order valence-electron chi connectivity index (χ0n) is 10.1. The molecule has 1 aliphatic heterocycles. The number of anilines is 1. The molecule has 1 N–H and O–H groups in total. The van der Waals surface area contributed by atoms with E-state index in [9.17, 15) is 9.50 Å². The first kappa shape index (κ1) is 12.2. The zero-order chi connectivity index (χ0) is 12.6.